The summed E-state index contributed by atoms with van der Waals surface area (Å²) in [6, 6.07) is 8.08. The van der Waals surface area contributed by atoms with Crippen LogP contribution in [0.15, 0.2) is 36.7 Å². The first-order valence-electron chi connectivity index (χ1n) is 8.57. The van der Waals surface area contributed by atoms with Gasteiger partial charge in [0.1, 0.15) is 11.5 Å². The second-order valence-corrected chi connectivity index (χ2v) is 5.78. The summed E-state index contributed by atoms with van der Waals surface area (Å²) >= 11 is 0. The Balaban J connectivity index is 1.71. The summed E-state index contributed by atoms with van der Waals surface area (Å²) in [7, 11) is 0. The van der Waals surface area contributed by atoms with Gasteiger partial charge in [-0.25, -0.2) is 9.97 Å². The molecule has 1 amide bonds. The van der Waals surface area contributed by atoms with Crippen LogP contribution in [0.4, 0.5) is 17.2 Å². The van der Waals surface area contributed by atoms with Crippen LogP contribution < -0.4 is 15.5 Å². The van der Waals surface area contributed by atoms with Crippen molar-refractivity contribution in [3.8, 4) is 0 Å². The van der Waals surface area contributed by atoms with Crippen molar-refractivity contribution in [1.82, 2.24) is 15.3 Å². The van der Waals surface area contributed by atoms with Gasteiger partial charge in [-0.1, -0.05) is 19.1 Å². The second-order valence-electron chi connectivity index (χ2n) is 5.78. The standard InChI is InChI=1S/C18H23N5O2/c1-2-7-19-18(24)15-12-21-17(13-20-15)22-14-5-3-4-6-16(14)23-8-10-25-11-9-23/h3-6,12-13H,2,7-11H2,1H3,(H,19,24)(H,21,22). The molecule has 7 nitrogen and oxygen atoms in total. The van der Waals surface area contributed by atoms with Crippen LogP contribution in [-0.2, 0) is 4.74 Å². The predicted octanol–water partition coefficient (Wildman–Crippen LogP) is 2.20. The molecule has 2 heterocycles. The molecular formula is C18H23N5O2. The zero-order valence-corrected chi connectivity index (χ0v) is 14.4. The number of carbonyl (C=O) groups is 1. The van der Waals surface area contributed by atoms with Gasteiger partial charge in [0.25, 0.3) is 5.91 Å². The molecule has 0 radical (unpaired) electrons. The number of anilines is 3. The second kappa shape index (κ2) is 8.43. The molecule has 1 aromatic heterocycles. The largest absolute Gasteiger partial charge is 0.378 e. The summed E-state index contributed by atoms with van der Waals surface area (Å²) in [4.78, 5) is 22.7. The number of hydrogen-bond donors (Lipinski definition) is 2. The van der Waals surface area contributed by atoms with Gasteiger partial charge in [-0.3, -0.25) is 4.79 Å². The van der Waals surface area contributed by atoms with Crippen LogP contribution in [0.25, 0.3) is 0 Å². The molecule has 132 valence electrons. The van der Waals surface area contributed by atoms with Gasteiger partial charge in [0.15, 0.2) is 0 Å². The Bertz CT molecular complexity index is 699. The lowest BCUT2D eigenvalue weighted by molar-refractivity contribution is 0.0948. The van der Waals surface area contributed by atoms with E-state index < -0.39 is 0 Å². The number of para-hydroxylation sites is 2. The third kappa shape index (κ3) is 4.45. The number of nitrogens with zero attached hydrogens (tertiary/aromatic N) is 3. The zero-order valence-electron chi connectivity index (χ0n) is 14.4. The molecule has 0 atom stereocenters. The number of morpholine rings is 1. The van der Waals surface area contributed by atoms with E-state index in [9.17, 15) is 4.79 Å². The van der Waals surface area contributed by atoms with Crippen LogP contribution in [0.3, 0.4) is 0 Å². The van der Waals surface area contributed by atoms with E-state index in [1.807, 2.05) is 25.1 Å². The van der Waals surface area contributed by atoms with Crippen LogP contribution >= 0.6 is 0 Å². The lowest BCUT2D eigenvalue weighted by Crippen LogP contribution is -2.36. The van der Waals surface area contributed by atoms with E-state index in [2.05, 4.69) is 31.6 Å². The van der Waals surface area contributed by atoms with Crippen molar-refractivity contribution in [2.45, 2.75) is 13.3 Å². The quantitative estimate of drug-likeness (QED) is 0.838. The van der Waals surface area contributed by atoms with E-state index in [1.54, 1.807) is 6.20 Å². The van der Waals surface area contributed by atoms with Gasteiger partial charge in [-0.05, 0) is 18.6 Å². The molecule has 0 bridgehead atoms. The first kappa shape index (κ1) is 17.2. The predicted molar refractivity (Wildman–Crippen MR) is 97.4 cm³/mol. The topological polar surface area (TPSA) is 79.4 Å². The highest BCUT2D eigenvalue weighted by atomic mass is 16.5. The molecule has 0 spiro atoms. The Labute approximate surface area is 147 Å². The van der Waals surface area contributed by atoms with E-state index in [0.29, 0.717) is 18.1 Å². The Morgan fingerprint density at radius 3 is 2.72 bits per heavy atom. The molecule has 7 heteroatoms. The smallest absolute Gasteiger partial charge is 0.271 e. The van der Waals surface area contributed by atoms with Gasteiger partial charge in [-0.2, -0.15) is 0 Å². The lowest BCUT2D eigenvalue weighted by Gasteiger charge is -2.30. The third-order valence-electron chi connectivity index (χ3n) is 3.94. The van der Waals surface area contributed by atoms with Gasteiger partial charge in [0.05, 0.1) is 37.0 Å². The van der Waals surface area contributed by atoms with Crippen molar-refractivity contribution in [2.24, 2.45) is 0 Å². The van der Waals surface area contributed by atoms with Crippen molar-refractivity contribution in [3.63, 3.8) is 0 Å². The highest BCUT2D eigenvalue weighted by molar-refractivity contribution is 5.92. The maximum atomic E-state index is 11.9. The normalized spacial score (nSPS) is 14.2. The molecular weight excluding hydrogens is 318 g/mol. The highest BCUT2D eigenvalue weighted by Crippen LogP contribution is 2.28. The van der Waals surface area contributed by atoms with E-state index in [1.165, 1.54) is 6.20 Å². The highest BCUT2D eigenvalue weighted by Gasteiger charge is 2.15. The van der Waals surface area contributed by atoms with Crippen LogP contribution in [0, 0.1) is 0 Å². The number of aromatic nitrogens is 2. The Morgan fingerprint density at radius 1 is 1.20 bits per heavy atom. The minimum atomic E-state index is -0.199. The van der Waals surface area contributed by atoms with Crippen molar-refractivity contribution in [2.75, 3.05) is 43.1 Å². The van der Waals surface area contributed by atoms with Gasteiger partial charge in [-0.15, -0.1) is 0 Å². The fourth-order valence-corrected chi connectivity index (χ4v) is 2.64. The minimum Gasteiger partial charge on any atom is -0.378 e. The number of ether oxygens (including phenoxy) is 1. The molecule has 1 fully saturated rings. The van der Waals surface area contributed by atoms with Gasteiger partial charge in [0, 0.05) is 19.6 Å². The molecule has 0 unspecified atom stereocenters. The van der Waals surface area contributed by atoms with Crippen molar-refractivity contribution >= 4 is 23.1 Å². The monoisotopic (exact) mass is 341 g/mol. The molecule has 3 rings (SSSR count). The molecule has 2 aromatic rings. The lowest BCUT2D eigenvalue weighted by atomic mass is 10.2. The fourth-order valence-electron chi connectivity index (χ4n) is 2.64. The molecule has 0 aliphatic carbocycles. The zero-order chi connectivity index (χ0) is 17.5. The number of hydrogen-bond acceptors (Lipinski definition) is 6. The molecule has 1 saturated heterocycles. The van der Waals surface area contributed by atoms with Crippen molar-refractivity contribution in [1.29, 1.82) is 0 Å². The number of amides is 1. The number of carbonyl (C=O) groups excluding carboxylic acids is 1. The van der Waals surface area contributed by atoms with E-state index >= 15 is 0 Å². The van der Waals surface area contributed by atoms with Crippen LogP contribution in [0.5, 0.6) is 0 Å². The van der Waals surface area contributed by atoms with Gasteiger partial charge >= 0.3 is 0 Å². The summed E-state index contributed by atoms with van der Waals surface area (Å²) < 4.78 is 5.42. The molecule has 1 aliphatic rings. The van der Waals surface area contributed by atoms with Crippen LogP contribution in [0.2, 0.25) is 0 Å². The van der Waals surface area contributed by atoms with E-state index in [0.717, 1.165) is 44.1 Å². The van der Waals surface area contributed by atoms with Gasteiger partial charge in [0.2, 0.25) is 0 Å². The van der Waals surface area contributed by atoms with E-state index in [4.69, 9.17) is 4.74 Å². The average Bonchev–Trinajstić information content (AvgIpc) is 2.68. The fraction of sp³-hybridized carbons (Fsp3) is 0.389. The van der Waals surface area contributed by atoms with Crippen LogP contribution in [0.1, 0.15) is 23.8 Å². The molecule has 1 aliphatic heterocycles. The maximum Gasteiger partial charge on any atom is 0.271 e. The Morgan fingerprint density at radius 2 is 2.00 bits per heavy atom. The van der Waals surface area contributed by atoms with E-state index in [-0.39, 0.29) is 5.91 Å². The number of benzene rings is 1. The number of nitrogens with one attached hydrogen (secondary N) is 2. The van der Waals surface area contributed by atoms with Crippen LogP contribution in [-0.4, -0.2) is 48.7 Å². The number of rotatable bonds is 6. The first-order valence-corrected chi connectivity index (χ1v) is 8.57. The molecule has 1 aromatic carbocycles. The Kier molecular flexibility index (Phi) is 5.79. The SMILES string of the molecule is CCCNC(=O)c1cnc(Nc2ccccc2N2CCOCC2)cn1. The summed E-state index contributed by atoms with van der Waals surface area (Å²) in [5, 5.41) is 6.08. The maximum absolute atomic E-state index is 11.9. The van der Waals surface area contributed by atoms with Crippen molar-refractivity contribution in [3.05, 3.63) is 42.4 Å². The first-order chi connectivity index (χ1) is 12.3. The van der Waals surface area contributed by atoms with Gasteiger partial charge < -0.3 is 20.3 Å². The molecule has 0 saturated carbocycles. The molecule has 2 N–H and O–H groups in total. The summed E-state index contributed by atoms with van der Waals surface area (Å²) in [6.07, 6.45) is 3.96. The summed E-state index contributed by atoms with van der Waals surface area (Å²) in [5.41, 5.74) is 2.39. The average molecular weight is 341 g/mol. The third-order valence-corrected chi connectivity index (χ3v) is 3.94. The minimum absolute atomic E-state index is 0.199. The summed E-state index contributed by atoms with van der Waals surface area (Å²) in [5.74, 6) is 0.405. The molecule has 25 heavy (non-hydrogen) atoms. The van der Waals surface area contributed by atoms with Crippen molar-refractivity contribution < 1.29 is 9.53 Å². The Hall–Kier alpha value is -2.67. The summed E-state index contributed by atoms with van der Waals surface area (Å²) in [6.45, 7) is 5.82.